The van der Waals surface area contributed by atoms with Crippen molar-refractivity contribution in [1.82, 2.24) is 15.5 Å². The highest BCUT2D eigenvalue weighted by molar-refractivity contribution is 5.60. The molecule has 0 saturated heterocycles. The summed E-state index contributed by atoms with van der Waals surface area (Å²) in [6.07, 6.45) is 3.65. The molecule has 4 nitrogen and oxygen atoms in total. The number of benzene rings is 2. The minimum Gasteiger partial charge on any atom is -0.334 e. The average molecular weight is 390 g/mol. The molecule has 0 unspecified atom stereocenters. The van der Waals surface area contributed by atoms with Gasteiger partial charge >= 0.3 is 0 Å². The molecule has 4 heteroatoms. The fourth-order valence-corrected chi connectivity index (χ4v) is 4.12. The second kappa shape index (κ2) is 8.50. The third-order valence-electron chi connectivity index (χ3n) is 5.80. The van der Waals surface area contributed by atoms with Gasteiger partial charge in [-0.15, -0.1) is 0 Å². The van der Waals surface area contributed by atoms with Crippen molar-refractivity contribution in [2.24, 2.45) is 11.8 Å². The molecule has 152 valence electrons. The molecule has 0 bridgehead atoms. The maximum Gasteiger partial charge on any atom is 0.258 e. The normalized spacial score (nSPS) is 19.9. The lowest BCUT2D eigenvalue weighted by Gasteiger charge is -2.35. The van der Waals surface area contributed by atoms with Crippen LogP contribution in [-0.4, -0.2) is 16.2 Å². The summed E-state index contributed by atoms with van der Waals surface area (Å²) in [7, 11) is 0. The van der Waals surface area contributed by atoms with Crippen LogP contribution in [-0.2, 0) is 6.42 Å². The Morgan fingerprint density at radius 2 is 1.62 bits per heavy atom. The lowest BCUT2D eigenvalue weighted by atomic mass is 9.81. The minimum atomic E-state index is 0.353. The van der Waals surface area contributed by atoms with Gasteiger partial charge in [0.05, 0.1) is 0 Å². The maximum atomic E-state index is 5.52. The summed E-state index contributed by atoms with van der Waals surface area (Å²) in [4.78, 5) is 4.60. The zero-order chi connectivity index (χ0) is 20.4. The standard InChI is InChI=1S/C25H31N3O/c1-16(2)13-19-5-7-22(8-6-19)25-27-24(28-29-25)21-11-9-20(10-12-21)18(4)26-23-14-17(3)15-23/h5-12,16-18,23,26H,13-15H2,1-4H3/t17-,18-,23-/m0/s1. The van der Waals surface area contributed by atoms with Crippen LogP contribution >= 0.6 is 0 Å². The Morgan fingerprint density at radius 1 is 0.966 bits per heavy atom. The number of nitrogens with zero attached hydrogens (tertiary/aromatic N) is 2. The SMILES string of the molecule is CC(C)Cc1ccc(-c2nc(-c3ccc([C@H](C)N[C@H]4C[C@H](C)C4)cc3)no2)cc1. The number of rotatable bonds is 7. The van der Waals surface area contributed by atoms with E-state index in [0.717, 1.165) is 23.5 Å². The summed E-state index contributed by atoms with van der Waals surface area (Å²) >= 11 is 0. The van der Waals surface area contributed by atoms with Gasteiger partial charge in [-0.3, -0.25) is 0 Å². The van der Waals surface area contributed by atoms with Gasteiger partial charge in [0.15, 0.2) is 0 Å². The molecule has 0 radical (unpaired) electrons. The van der Waals surface area contributed by atoms with Crippen molar-refractivity contribution in [3.05, 3.63) is 59.7 Å². The Kier molecular flexibility index (Phi) is 5.81. The number of hydrogen-bond acceptors (Lipinski definition) is 4. The van der Waals surface area contributed by atoms with Crippen molar-refractivity contribution in [2.75, 3.05) is 0 Å². The zero-order valence-corrected chi connectivity index (χ0v) is 17.9. The molecule has 1 heterocycles. The van der Waals surface area contributed by atoms with Crippen molar-refractivity contribution in [3.63, 3.8) is 0 Å². The van der Waals surface area contributed by atoms with Crippen LogP contribution in [0.2, 0.25) is 0 Å². The third-order valence-corrected chi connectivity index (χ3v) is 5.80. The molecule has 3 aromatic rings. The van der Waals surface area contributed by atoms with Crippen molar-refractivity contribution in [2.45, 2.75) is 59.0 Å². The summed E-state index contributed by atoms with van der Waals surface area (Å²) in [6, 6.07) is 17.9. The molecule has 1 atom stereocenters. The van der Waals surface area contributed by atoms with Crippen molar-refractivity contribution in [3.8, 4) is 22.8 Å². The Morgan fingerprint density at radius 3 is 2.24 bits per heavy atom. The highest BCUT2D eigenvalue weighted by atomic mass is 16.5. The molecule has 1 N–H and O–H groups in total. The van der Waals surface area contributed by atoms with Gasteiger partial charge in [0, 0.05) is 23.2 Å². The topological polar surface area (TPSA) is 51.0 Å². The van der Waals surface area contributed by atoms with Crippen LogP contribution in [0.4, 0.5) is 0 Å². The lowest BCUT2D eigenvalue weighted by molar-refractivity contribution is 0.226. The minimum absolute atomic E-state index is 0.353. The van der Waals surface area contributed by atoms with Crippen LogP contribution < -0.4 is 5.32 Å². The van der Waals surface area contributed by atoms with E-state index in [4.69, 9.17) is 4.52 Å². The first-order valence-electron chi connectivity index (χ1n) is 10.8. The predicted molar refractivity (Wildman–Crippen MR) is 117 cm³/mol. The lowest BCUT2D eigenvalue weighted by Crippen LogP contribution is -2.41. The van der Waals surface area contributed by atoms with E-state index < -0.39 is 0 Å². The van der Waals surface area contributed by atoms with E-state index in [2.05, 4.69) is 91.7 Å². The molecule has 1 aromatic heterocycles. The fourth-order valence-electron chi connectivity index (χ4n) is 4.12. The second-order valence-corrected chi connectivity index (χ2v) is 9.00. The van der Waals surface area contributed by atoms with Gasteiger partial charge in [-0.1, -0.05) is 62.3 Å². The van der Waals surface area contributed by atoms with E-state index in [-0.39, 0.29) is 0 Å². The number of nitrogens with one attached hydrogen (secondary N) is 1. The smallest absolute Gasteiger partial charge is 0.258 e. The summed E-state index contributed by atoms with van der Waals surface area (Å²) in [6.45, 7) is 9.01. The first-order chi connectivity index (χ1) is 14.0. The molecule has 2 aromatic carbocycles. The van der Waals surface area contributed by atoms with Gasteiger partial charge in [0.1, 0.15) is 0 Å². The van der Waals surface area contributed by atoms with E-state index in [1.54, 1.807) is 0 Å². The molecule has 0 spiro atoms. The molecule has 1 fully saturated rings. The van der Waals surface area contributed by atoms with E-state index in [1.165, 1.54) is 24.0 Å². The van der Waals surface area contributed by atoms with E-state index in [1.807, 2.05) is 0 Å². The summed E-state index contributed by atoms with van der Waals surface area (Å²) in [5.74, 6) is 2.70. The molecule has 1 saturated carbocycles. The first kappa shape index (κ1) is 19.8. The monoisotopic (exact) mass is 389 g/mol. The molecule has 4 rings (SSSR count). The predicted octanol–water partition coefficient (Wildman–Crippen LogP) is 6.05. The van der Waals surface area contributed by atoms with Crippen LogP contribution in [0.1, 0.15) is 57.7 Å². The zero-order valence-electron chi connectivity index (χ0n) is 17.9. The van der Waals surface area contributed by atoms with E-state index in [9.17, 15) is 0 Å². The van der Waals surface area contributed by atoms with Crippen LogP contribution in [0, 0.1) is 11.8 Å². The molecular weight excluding hydrogens is 358 g/mol. The van der Waals surface area contributed by atoms with Gasteiger partial charge in [-0.25, -0.2) is 0 Å². The summed E-state index contributed by atoms with van der Waals surface area (Å²) < 4.78 is 5.52. The van der Waals surface area contributed by atoms with Crippen LogP contribution in [0.5, 0.6) is 0 Å². The average Bonchev–Trinajstić information content (AvgIpc) is 3.17. The Bertz CT molecular complexity index is 921. The van der Waals surface area contributed by atoms with Crippen molar-refractivity contribution in [1.29, 1.82) is 0 Å². The summed E-state index contributed by atoms with van der Waals surface area (Å²) in [5.41, 5.74) is 4.56. The first-order valence-corrected chi connectivity index (χ1v) is 10.8. The Labute approximate surface area is 173 Å². The largest absolute Gasteiger partial charge is 0.334 e. The van der Waals surface area contributed by atoms with Crippen LogP contribution in [0.3, 0.4) is 0 Å². The molecular formula is C25H31N3O. The van der Waals surface area contributed by atoms with Gasteiger partial charge in [-0.2, -0.15) is 4.98 Å². The van der Waals surface area contributed by atoms with E-state index >= 15 is 0 Å². The molecule has 1 aliphatic rings. The highest BCUT2D eigenvalue weighted by Gasteiger charge is 2.26. The molecule has 0 amide bonds. The van der Waals surface area contributed by atoms with Gasteiger partial charge in [0.25, 0.3) is 5.89 Å². The number of aromatic nitrogens is 2. The Hall–Kier alpha value is -2.46. The van der Waals surface area contributed by atoms with Gasteiger partial charge in [-0.05, 0) is 61.3 Å². The van der Waals surface area contributed by atoms with E-state index in [0.29, 0.717) is 29.7 Å². The van der Waals surface area contributed by atoms with Crippen molar-refractivity contribution < 1.29 is 4.52 Å². The van der Waals surface area contributed by atoms with Crippen molar-refractivity contribution >= 4 is 0 Å². The third kappa shape index (κ3) is 4.76. The molecule has 29 heavy (non-hydrogen) atoms. The van der Waals surface area contributed by atoms with Gasteiger partial charge in [0.2, 0.25) is 5.82 Å². The highest BCUT2D eigenvalue weighted by Crippen LogP contribution is 2.29. The molecule has 0 aliphatic heterocycles. The maximum absolute atomic E-state index is 5.52. The summed E-state index contributed by atoms with van der Waals surface area (Å²) in [5, 5.41) is 7.90. The number of hydrogen-bond donors (Lipinski definition) is 1. The molecule has 1 aliphatic carbocycles. The van der Waals surface area contributed by atoms with Crippen LogP contribution in [0.25, 0.3) is 22.8 Å². The van der Waals surface area contributed by atoms with Crippen LogP contribution in [0.15, 0.2) is 53.1 Å². The van der Waals surface area contributed by atoms with Gasteiger partial charge < -0.3 is 9.84 Å². The second-order valence-electron chi connectivity index (χ2n) is 9.00. The Balaban J connectivity index is 1.42. The quantitative estimate of drug-likeness (QED) is 0.534. The fraction of sp³-hybridized carbons (Fsp3) is 0.440.